The lowest BCUT2D eigenvalue weighted by Gasteiger charge is -2.25. The van der Waals surface area contributed by atoms with Crippen LogP contribution in [-0.2, 0) is 0 Å². The van der Waals surface area contributed by atoms with Crippen LogP contribution in [0.3, 0.4) is 0 Å². The molecule has 1 unspecified atom stereocenters. The lowest BCUT2D eigenvalue weighted by atomic mass is 9.95. The van der Waals surface area contributed by atoms with Crippen molar-refractivity contribution in [3.8, 4) is 11.5 Å². The molecule has 138 valence electrons. The molecule has 0 bridgehead atoms. The topological polar surface area (TPSA) is 59.6 Å². The molecule has 7 heteroatoms. The molecule has 0 saturated heterocycles. The molecule has 5 nitrogen and oxygen atoms in total. The summed E-state index contributed by atoms with van der Waals surface area (Å²) in [6.07, 6.45) is 0. The SMILES string of the molecule is CC(C)C(NC(=O)Nc1ccc(F)cc1F)c1ccc2c(c1)OCCO2. The summed E-state index contributed by atoms with van der Waals surface area (Å²) in [7, 11) is 0. The number of urea groups is 1. The Bertz CT molecular complexity index is 811. The first-order chi connectivity index (χ1) is 12.4. The van der Waals surface area contributed by atoms with E-state index in [1.54, 1.807) is 6.07 Å². The van der Waals surface area contributed by atoms with Crippen LogP contribution in [-0.4, -0.2) is 19.2 Å². The zero-order valence-corrected chi connectivity index (χ0v) is 14.5. The van der Waals surface area contributed by atoms with Crippen molar-refractivity contribution in [1.29, 1.82) is 0 Å². The van der Waals surface area contributed by atoms with Crippen molar-refractivity contribution in [3.63, 3.8) is 0 Å². The monoisotopic (exact) mass is 362 g/mol. The predicted molar refractivity (Wildman–Crippen MR) is 93.5 cm³/mol. The van der Waals surface area contributed by atoms with E-state index in [-0.39, 0.29) is 17.6 Å². The van der Waals surface area contributed by atoms with E-state index in [0.717, 1.165) is 17.7 Å². The van der Waals surface area contributed by atoms with E-state index in [0.29, 0.717) is 24.7 Å². The Kier molecular flexibility index (Phi) is 5.25. The number of ether oxygens (including phenoxy) is 2. The molecular weight excluding hydrogens is 342 g/mol. The number of carbonyl (C=O) groups is 1. The van der Waals surface area contributed by atoms with Gasteiger partial charge in [0, 0.05) is 6.07 Å². The minimum absolute atomic E-state index is 0.0707. The molecule has 0 aromatic heterocycles. The molecule has 1 aliphatic heterocycles. The molecule has 1 heterocycles. The maximum atomic E-state index is 13.7. The lowest BCUT2D eigenvalue weighted by molar-refractivity contribution is 0.171. The summed E-state index contributed by atoms with van der Waals surface area (Å²) in [5.74, 6) is -0.168. The van der Waals surface area contributed by atoms with Crippen molar-refractivity contribution in [2.75, 3.05) is 18.5 Å². The molecule has 26 heavy (non-hydrogen) atoms. The molecule has 1 atom stereocenters. The molecular formula is C19H20F2N2O3. The first-order valence-electron chi connectivity index (χ1n) is 8.36. The number of anilines is 1. The van der Waals surface area contributed by atoms with Crippen molar-refractivity contribution >= 4 is 11.7 Å². The van der Waals surface area contributed by atoms with Gasteiger partial charge in [-0.2, -0.15) is 0 Å². The Hall–Kier alpha value is -2.83. The summed E-state index contributed by atoms with van der Waals surface area (Å²) in [5.41, 5.74) is 0.757. The molecule has 2 aromatic rings. The Balaban J connectivity index is 1.75. The zero-order valence-electron chi connectivity index (χ0n) is 14.5. The lowest BCUT2D eigenvalue weighted by Crippen LogP contribution is -2.35. The highest BCUT2D eigenvalue weighted by Gasteiger charge is 2.22. The second kappa shape index (κ2) is 7.59. The van der Waals surface area contributed by atoms with Gasteiger partial charge in [-0.25, -0.2) is 13.6 Å². The van der Waals surface area contributed by atoms with Gasteiger partial charge in [-0.1, -0.05) is 19.9 Å². The van der Waals surface area contributed by atoms with Gasteiger partial charge in [0.25, 0.3) is 0 Å². The average Bonchev–Trinajstić information content (AvgIpc) is 2.61. The fraction of sp³-hybridized carbons (Fsp3) is 0.316. The van der Waals surface area contributed by atoms with Gasteiger partial charge in [-0.05, 0) is 35.7 Å². The van der Waals surface area contributed by atoms with E-state index in [4.69, 9.17) is 9.47 Å². The second-order valence-electron chi connectivity index (χ2n) is 6.35. The maximum Gasteiger partial charge on any atom is 0.319 e. The van der Waals surface area contributed by atoms with E-state index in [1.807, 2.05) is 26.0 Å². The van der Waals surface area contributed by atoms with Crippen molar-refractivity contribution < 1.29 is 23.0 Å². The molecule has 0 spiro atoms. The van der Waals surface area contributed by atoms with Crippen molar-refractivity contribution in [2.45, 2.75) is 19.9 Å². The molecule has 2 amide bonds. The van der Waals surface area contributed by atoms with Crippen LogP contribution in [0.2, 0.25) is 0 Å². The number of hydrogen-bond donors (Lipinski definition) is 2. The first kappa shape index (κ1) is 18.0. The summed E-state index contributed by atoms with van der Waals surface area (Å²) >= 11 is 0. The van der Waals surface area contributed by atoms with E-state index < -0.39 is 17.7 Å². The van der Waals surface area contributed by atoms with Crippen LogP contribution in [0.25, 0.3) is 0 Å². The van der Waals surface area contributed by atoms with E-state index in [2.05, 4.69) is 10.6 Å². The van der Waals surface area contributed by atoms with Gasteiger partial charge in [0.2, 0.25) is 0 Å². The number of amides is 2. The van der Waals surface area contributed by atoms with Gasteiger partial charge >= 0.3 is 6.03 Å². The normalized spacial score (nSPS) is 14.0. The van der Waals surface area contributed by atoms with Crippen LogP contribution in [0.1, 0.15) is 25.5 Å². The van der Waals surface area contributed by atoms with Gasteiger partial charge in [-0.3, -0.25) is 0 Å². The zero-order chi connectivity index (χ0) is 18.7. The smallest absolute Gasteiger partial charge is 0.319 e. The highest BCUT2D eigenvalue weighted by molar-refractivity contribution is 5.89. The Morgan fingerprint density at radius 3 is 2.46 bits per heavy atom. The van der Waals surface area contributed by atoms with E-state index >= 15 is 0 Å². The molecule has 0 saturated carbocycles. The minimum Gasteiger partial charge on any atom is -0.486 e. The molecule has 1 aliphatic rings. The van der Waals surface area contributed by atoms with Crippen LogP contribution in [0, 0.1) is 17.6 Å². The summed E-state index contributed by atoms with van der Waals surface area (Å²) in [4.78, 5) is 12.3. The van der Waals surface area contributed by atoms with Gasteiger partial charge in [-0.15, -0.1) is 0 Å². The summed E-state index contributed by atoms with van der Waals surface area (Å²) in [6, 6.07) is 7.57. The van der Waals surface area contributed by atoms with Crippen molar-refractivity contribution in [3.05, 3.63) is 53.6 Å². The minimum atomic E-state index is -0.833. The fourth-order valence-electron chi connectivity index (χ4n) is 2.78. The number of halogens is 2. The summed E-state index contributed by atoms with van der Waals surface area (Å²) in [6.45, 7) is 4.89. The van der Waals surface area contributed by atoms with E-state index in [1.165, 1.54) is 6.07 Å². The quantitative estimate of drug-likeness (QED) is 0.855. The molecule has 0 aliphatic carbocycles. The Morgan fingerprint density at radius 1 is 1.04 bits per heavy atom. The standard InChI is InChI=1S/C19H20F2N2O3/c1-11(2)18(12-3-6-16-17(9-12)26-8-7-25-16)23-19(24)22-15-5-4-13(20)10-14(15)21/h3-6,9-11,18H,7-8H2,1-2H3,(H2,22,23,24). The number of carbonyl (C=O) groups excluding carboxylic acids is 1. The van der Waals surface area contributed by atoms with Crippen molar-refractivity contribution in [1.82, 2.24) is 5.32 Å². The number of nitrogens with one attached hydrogen (secondary N) is 2. The second-order valence-corrected chi connectivity index (χ2v) is 6.35. The van der Waals surface area contributed by atoms with Crippen LogP contribution < -0.4 is 20.1 Å². The number of benzene rings is 2. The van der Waals surface area contributed by atoms with Crippen LogP contribution in [0.4, 0.5) is 19.3 Å². The van der Waals surface area contributed by atoms with Gasteiger partial charge in [0.05, 0.1) is 11.7 Å². The maximum absolute atomic E-state index is 13.7. The number of hydrogen-bond acceptors (Lipinski definition) is 3. The summed E-state index contributed by atoms with van der Waals surface area (Å²) in [5, 5.41) is 5.23. The average molecular weight is 362 g/mol. The molecule has 0 fully saturated rings. The van der Waals surface area contributed by atoms with Crippen LogP contribution >= 0.6 is 0 Å². The molecule has 0 radical (unpaired) electrons. The predicted octanol–water partition coefficient (Wildman–Crippen LogP) is 4.25. The number of rotatable bonds is 4. The Labute approximate surface area is 150 Å². The third-order valence-electron chi connectivity index (χ3n) is 4.06. The highest BCUT2D eigenvalue weighted by atomic mass is 19.1. The molecule has 2 aromatic carbocycles. The molecule has 3 rings (SSSR count). The van der Waals surface area contributed by atoms with Crippen LogP contribution in [0.5, 0.6) is 11.5 Å². The first-order valence-corrected chi connectivity index (χ1v) is 8.36. The third kappa shape index (κ3) is 4.04. The van der Waals surface area contributed by atoms with Crippen LogP contribution in [0.15, 0.2) is 36.4 Å². The molecule has 2 N–H and O–H groups in total. The van der Waals surface area contributed by atoms with Gasteiger partial charge < -0.3 is 20.1 Å². The van der Waals surface area contributed by atoms with E-state index in [9.17, 15) is 13.6 Å². The fourth-order valence-corrected chi connectivity index (χ4v) is 2.78. The van der Waals surface area contributed by atoms with Gasteiger partial charge in [0.15, 0.2) is 11.5 Å². The van der Waals surface area contributed by atoms with Crippen molar-refractivity contribution in [2.24, 2.45) is 5.92 Å². The third-order valence-corrected chi connectivity index (χ3v) is 4.06. The largest absolute Gasteiger partial charge is 0.486 e. The summed E-state index contributed by atoms with van der Waals surface area (Å²) < 4.78 is 37.8. The Morgan fingerprint density at radius 2 is 1.77 bits per heavy atom. The number of fused-ring (bicyclic) bond motifs is 1. The highest BCUT2D eigenvalue weighted by Crippen LogP contribution is 2.34. The van der Waals surface area contributed by atoms with Gasteiger partial charge in [0.1, 0.15) is 24.8 Å².